The molecule has 1 saturated heterocycles. The van der Waals surface area contributed by atoms with Crippen molar-refractivity contribution < 1.29 is 14.0 Å². The number of aryl methyl sites for hydroxylation is 1. The van der Waals surface area contributed by atoms with E-state index in [4.69, 9.17) is 0 Å². The fraction of sp³-hybridized carbons (Fsp3) is 0.263. The van der Waals surface area contributed by atoms with Gasteiger partial charge in [-0.2, -0.15) is 0 Å². The molecule has 2 aromatic carbocycles. The van der Waals surface area contributed by atoms with Crippen LogP contribution in [0, 0.1) is 12.7 Å². The molecule has 0 bridgehead atoms. The van der Waals surface area contributed by atoms with Gasteiger partial charge in [-0.1, -0.05) is 42.5 Å². The SMILES string of the molecule is Cc1ccc([C@]2(C)C(=O)NC(=O)N2N[C@@H](C)c2ccccc2)cc1F. The molecule has 0 aliphatic carbocycles. The summed E-state index contributed by atoms with van der Waals surface area (Å²) in [5.74, 6) is -0.907. The second-order valence-corrected chi connectivity index (χ2v) is 6.39. The van der Waals surface area contributed by atoms with Gasteiger partial charge in [-0.3, -0.25) is 10.1 Å². The molecule has 2 aromatic rings. The van der Waals surface area contributed by atoms with E-state index in [0.717, 1.165) is 5.56 Å². The zero-order valence-electron chi connectivity index (χ0n) is 14.3. The number of nitrogens with zero attached hydrogens (tertiary/aromatic N) is 1. The van der Waals surface area contributed by atoms with E-state index < -0.39 is 23.3 Å². The summed E-state index contributed by atoms with van der Waals surface area (Å²) in [5, 5.41) is 3.56. The average molecular weight is 341 g/mol. The van der Waals surface area contributed by atoms with E-state index in [1.54, 1.807) is 26.0 Å². The Kier molecular flexibility index (Phi) is 4.30. The number of hydrogen-bond donors (Lipinski definition) is 2. The van der Waals surface area contributed by atoms with Gasteiger partial charge in [-0.25, -0.2) is 19.6 Å². The van der Waals surface area contributed by atoms with Crippen molar-refractivity contribution in [3.05, 3.63) is 71.0 Å². The number of urea groups is 1. The largest absolute Gasteiger partial charge is 0.339 e. The lowest BCUT2D eigenvalue weighted by Crippen LogP contribution is -2.52. The highest BCUT2D eigenvalue weighted by molar-refractivity contribution is 6.06. The molecule has 3 rings (SSSR count). The fourth-order valence-corrected chi connectivity index (χ4v) is 2.93. The van der Waals surface area contributed by atoms with Crippen LogP contribution in [0.4, 0.5) is 9.18 Å². The lowest BCUT2D eigenvalue weighted by molar-refractivity contribution is -0.127. The summed E-state index contributed by atoms with van der Waals surface area (Å²) in [4.78, 5) is 24.8. The Labute approximate surface area is 145 Å². The second-order valence-electron chi connectivity index (χ2n) is 6.39. The van der Waals surface area contributed by atoms with Gasteiger partial charge in [-0.15, -0.1) is 0 Å². The van der Waals surface area contributed by atoms with E-state index >= 15 is 0 Å². The van der Waals surface area contributed by atoms with E-state index in [2.05, 4.69) is 10.7 Å². The summed E-state index contributed by atoms with van der Waals surface area (Å²) in [6, 6.07) is 13.4. The van der Waals surface area contributed by atoms with Crippen molar-refractivity contribution in [2.75, 3.05) is 0 Å². The zero-order chi connectivity index (χ0) is 18.2. The molecule has 130 valence electrons. The number of imide groups is 1. The van der Waals surface area contributed by atoms with Crippen LogP contribution in [0.5, 0.6) is 0 Å². The maximum atomic E-state index is 14.0. The monoisotopic (exact) mass is 341 g/mol. The number of nitrogens with one attached hydrogen (secondary N) is 2. The minimum absolute atomic E-state index is 0.215. The first-order chi connectivity index (χ1) is 11.8. The summed E-state index contributed by atoms with van der Waals surface area (Å²) in [5.41, 5.74) is 3.59. The number of carbonyl (C=O) groups is 2. The first-order valence-corrected chi connectivity index (χ1v) is 8.07. The van der Waals surface area contributed by atoms with E-state index in [1.807, 2.05) is 37.3 Å². The Morgan fingerprint density at radius 1 is 1.16 bits per heavy atom. The van der Waals surface area contributed by atoms with Crippen LogP contribution in [0.3, 0.4) is 0 Å². The standard InChI is InChI=1S/C19H20FN3O2/c1-12-9-10-15(11-16(12)20)19(3)17(24)21-18(25)23(19)22-13(2)14-7-5-4-6-8-14/h4-11,13,22H,1-3H3,(H,21,24,25)/t13-,19+/m0/s1. The Morgan fingerprint density at radius 2 is 1.84 bits per heavy atom. The Morgan fingerprint density at radius 3 is 2.48 bits per heavy atom. The highest BCUT2D eigenvalue weighted by Gasteiger charge is 2.51. The van der Waals surface area contributed by atoms with Gasteiger partial charge >= 0.3 is 6.03 Å². The molecule has 1 aliphatic heterocycles. The number of rotatable bonds is 4. The van der Waals surface area contributed by atoms with Gasteiger partial charge in [-0.05, 0) is 43.5 Å². The normalized spacial score (nSPS) is 21.4. The summed E-state index contributed by atoms with van der Waals surface area (Å²) in [6.45, 7) is 5.14. The van der Waals surface area contributed by atoms with Gasteiger partial charge in [0.2, 0.25) is 0 Å². The molecule has 0 radical (unpaired) electrons. The average Bonchev–Trinajstić information content (AvgIpc) is 2.82. The number of halogens is 1. The van der Waals surface area contributed by atoms with Crippen LogP contribution in [0.25, 0.3) is 0 Å². The van der Waals surface area contributed by atoms with Gasteiger partial charge in [0.15, 0.2) is 5.54 Å². The minimum Gasteiger partial charge on any atom is -0.274 e. The Bertz CT molecular complexity index is 825. The predicted molar refractivity (Wildman–Crippen MR) is 91.9 cm³/mol. The van der Waals surface area contributed by atoms with Crippen molar-refractivity contribution >= 4 is 11.9 Å². The lowest BCUT2D eigenvalue weighted by Gasteiger charge is -2.34. The summed E-state index contributed by atoms with van der Waals surface area (Å²) in [7, 11) is 0. The van der Waals surface area contributed by atoms with Crippen LogP contribution in [0.15, 0.2) is 48.5 Å². The molecule has 1 aliphatic rings. The van der Waals surface area contributed by atoms with Crippen molar-refractivity contribution in [3.8, 4) is 0 Å². The molecule has 0 spiro atoms. The smallest absolute Gasteiger partial charge is 0.274 e. The van der Waals surface area contributed by atoms with Gasteiger partial charge in [0.25, 0.3) is 5.91 Å². The molecule has 3 amide bonds. The molecule has 1 fully saturated rings. The first-order valence-electron chi connectivity index (χ1n) is 8.07. The summed E-state index contributed by atoms with van der Waals surface area (Å²) >= 11 is 0. The maximum Gasteiger partial charge on any atom is 0.339 e. The van der Waals surface area contributed by atoms with Gasteiger partial charge in [0.1, 0.15) is 5.82 Å². The van der Waals surface area contributed by atoms with Gasteiger partial charge in [0, 0.05) is 6.04 Å². The molecular formula is C19H20FN3O2. The van der Waals surface area contributed by atoms with Gasteiger partial charge < -0.3 is 0 Å². The zero-order valence-corrected chi connectivity index (χ0v) is 14.3. The third kappa shape index (κ3) is 2.89. The third-order valence-corrected chi connectivity index (χ3v) is 4.67. The van der Waals surface area contributed by atoms with Crippen molar-refractivity contribution in [2.45, 2.75) is 32.4 Å². The molecule has 0 saturated carbocycles. The Hall–Kier alpha value is -2.73. The van der Waals surface area contributed by atoms with E-state index in [0.29, 0.717) is 11.1 Å². The number of carbonyl (C=O) groups excluding carboxylic acids is 2. The van der Waals surface area contributed by atoms with Crippen LogP contribution in [0.1, 0.15) is 36.6 Å². The highest BCUT2D eigenvalue weighted by atomic mass is 19.1. The lowest BCUT2D eigenvalue weighted by atomic mass is 9.90. The highest BCUT2D eigenvalue weighted by Crippen LogP contribution is 2.33. The van der Waals surface area contributed by atoms with Crippen LogP contribution in [-0.4, -0.2) is 16.9 Å². The summed E-state index contributed by atoms with van der Waals surface area (Å²) in [6.07, 6.45) is 0. The molecule has 5 nitrogen and oxygen atoms in total. The van der Waals surface area contributed by atoms with Crippen molar-refractivity contribution in [2.24, 2.45) is 0 Å². The number of hydrogen-bond acceptors (Lipinski definition) is 3. The Balaban J connectivity index is 1.97. The van der Waals surface area contributed by atoms with Crippen LogP contribution >= 0.6 is 0 Å². The minimum atomic E-state index is -1.34. The molecule has 0 aromatic heterocycles. The molecule has 25 heavy (non-hydrogen) atoms. The van der Waals surface area contributed by atoms with Crippen molar-refractivity contribution in [1.82, 2.24) is 15.8 Å². The molecule has 6 heteroatoms. The van der Waals surface area contributed by atoms with E-state index in [9.17, 15) is 14.0 Å². The van der Waals surface area contributed by atoms with Crippen LogP contribution in [0.2, 0.25) is 0 Å². The van der Waals surface area contributed by atoms with Gasteiger partial charge in [0.05, 0.1) is 0 Å². The summed E-state index contributed by atoms with van der Waals surface area (Å²) < 4.78 is 14.0. The second kappa shape index (κ2) is 6.29. The number of hydrazine groups is 1. The number of benzene rings is 2. The maximum absolute atomic E-state index is 14.0. The van der Waals surface area contributed by atoms with Crippen molar-refractivity contribution in [3.63, 3.8) is 0 Å². The predicted octanol–water partition coefficient (Wildman–Crippen LogP) is 3.17. The molecule has 2 N–H and O–H groups in total. The fourth-order valence-electron chi connectivity index (χ4n) is 2.93. The van der Waals surface area contributed by atoms with Crippen LogP contribution < -0.4 is 10.7 Å². The molecule has 0 unspecified atom stereocenters. The third-order valence-electron chi connectivity index (χ3n) is 4.67. The van der Waals surface area contributed by atoms with E-state index in [1.165, 1.54) is 11.1 Å². The number of amides is 3. The molecule has 2 atom stereocenters. The topological polar surface area (TPSA) is 61.4 Å². The molecular weight excluding hydrogens is 321 g/mol. The van der Waals surface area contributed by atoms with Crippen LogP contribution in [-0.2, 0) is 10.3 Å². The first kappa shape index (κ1) is 17.1. The van der Waals surface area contributed by atoms with Crippen molar-refractivity contribution in [1.29, 1.82) is 0 Å². The molecule has 1 heterocycles. The van der Waals surface area contributed by atoms with E-state index in [-0.39, 0.29) is 6.04 Å². The quantitative estimate of drug-likeness (QED) is 0.840.